The zero-order chi connectivity index (χ0) is 17.8. The van der Waals surface area contributed by atoms with E-state index in [4.69, 9.17) is 9.47 Å². The van der Waals surface area contributed by atoms with Gasteiger partial charge in [0.15, 0.2) is 11.5 Å². The highest BCUT2D eigenvalue weighted by atomic mass is 79.9. The van der Waals surface area contributed by atoms with Crippen molar-refractivity contribution in [1.82, 2.24) is 9.47 Å². The normalized spacial score (nSPS) is 16.1. The van der Waals surface area contributed by atoms with Crippen LogP contribution in [0.3, 0.4) is 0 Å². The van der Waals surface area contributed by atoms with E-state index in [1.807, 2.05) is 41.0 Å². The summed E-state index contributed by atoms with van der Waals surface area (Å²) in [6, 6.07) is 11.5. The van der Waals surface area contributed by atoms with E-state index in [2.05, 4.69) is 27.9 Å². The van der Waals surface area contributed by atoms with Crippen LogP contribution in [0.5, 0.6) is 11.5 Å². The number of ether oxygens (including phenoxy) is 2. The molecule has 132 valence electrons. The minimum atomic E-state index is -0.00725. The Morgan fingerprint density at radius 2 is 1.85 bits per heavy atom. The number of likely N-dealkylation sites (N-methyl/N-ethyl adjacent to an activating group) is 1. The molecule has 0 bridgehead atoms. The molecule has 0 fully saturated rings. The van der Waals surface area contributed by atoms with Gasteiger partial charge in [-0.1, -0.05) is 15.9 Å². The Balaban J connectivity index is 1.75. The minimum Gasteiger partial charge on any atom is -0.454 e. The maximum atomic E-state index is 13.3. The number of hydrogen-bond donors (Lipinski definition) is 0. The number of fused-ring (bicyclic) bond motifs is 4. The summed E-state index contributed by atoms with van der Waals surface area (Å²) in [5.74, 6) is 1.44. The van der Waals surface area contributed by atoms with E-state index >= 15 is 0 Å². The van der Waals surface area contributed by atoms with Gasteiger partial charge in [0, 0.05) is 46.7 Å². The highest BCUT2D eigenvalue weighted by Gasteiger charge is 2.28. The quantitative estimate of drug-likeness (QED) is 0.609. The number of benzene rings is 2. The molecule has 0 spiro atoms. The Morgan fingerprint density at radius 3 is 2.62 bits per heavy atom. The van der Waals surface area contributed by atoms with Crippen LogP contribution in [-0.4, -0.2) is 35.8 Å². The van der Waals surface area contributed by atoms with Gasteiger partial charge in [-0.05, 0) is 42.9 Å². The Kier molecular flexibility index (Phi) is 3.58. The lowest BCUT2D eigenvalue weighted by atomic mass is 10.0. The first kappa shape index (κ1) is 15.9. The van der Waals surface area contributed by atoms with Crippen LogP contribution in [0.15, 0.2) is 40.9 Å². The fourth-order valence-electron chi connectivity index (χ4n) is 3.83. The predicted octanol–water partition coefficient (Wildman–Crippen LogP) is 3.81. The molecular formula is C20H17BrN2O3. The summed E-state index contributed by atoms with van der Waals surface area (Å²) in [6.07, 6.45) is 0.842. The van der Waals surface area contributed by atoms with Gasteiger partial charge in [-0.2, -0.15) is 0 Å². The highest BCUT2D eigenvalue weighted by molar-refractivity contribution is 9.10. The molecule has 0 saturated carbocycles. The molecule has 2 aromatic carbocycles. The molecule has 1 aromatic heterocycles. The number of nitrogens with zero attached hydrogens (tertiary/aromatic N) is 2. The molecule has 2 aliphatic rings. The third-order valence-electron chi connectivity index (χ3n) is 5.13. The number of aromatic nitrogens is 1. The first-order valence-electron chi connectivity index (χ1n) is 8.56. The number of halogens is 1. The van der Waals surface area contributed by atoms with Crippen LogP contribution in [0, 0.1) is 0 Å². The molecule has 6 heteroatoms. The van der Waals surface area contributed by atoms with E-state index in [9.17, 15) is 4.79 Å². The number of hydrogen-bond acceptors (Lipinski definition) is 4. The van der Waals surface area contributed by atoms with Crippen molar-refractivity contribution in [3.8, 4) is 11.5 Å². The van der Waals surface area contributed by atoms with Crippen molar-refractivity contribution in [2.75, 3.05) is 20.4 Å². The largest absolute Gasteiger partial charge is 0.454 e. The Bertz CT molecular complexity index is 1040. The Morgan fingerprint density at radius 1 is 1.12 bits per heavy atom. The Hall–Kier alpha value is -2.31. The zero-order valence-electron chi connectivity index (χ0n) is 14.3. The van der Waals surface area contributed by atoms with Crippen molar-refractivity contribution >= 4 is 32.7 Å². The van der Waals surface area contributed by atoms with E-state index in [1.165, 1.54) is 5.56 Å². The summed E-state index contributed by atoms with van der Waals surface area (Å²) < 4.78 is 13.9. The first-order chi connectivity index (χ1) is 12.6. The van der Waals surface area contributed by atoms with Gasteiger partial charge in [0.05, 0.1) is 5.52 Å². The molecule has 5 rings (SSSR count). The predicted molar refractivity (Wildman–Crippen MR) is 102 cm³/mol. The second-order valence-corrected chi connectivity index (χ2v) is 7.70. The average molecular weight is 413 g/mol. The van der Waals surface area contributed by atoms with E-state index in [0.29, 0.717) is 11.3 Å². The average Bonchev–Trinajstić information content (AvgIpc) is 3.21. The lowest BCUT2D eigenvalue weighted by molar-refractivity contribution is 0.0960. The van der Waals surface area contributed by atoms with Gasteiger partial charge in [-0.25, -0.2) is 0 Å². The molecule has 26 heavy (non-hydrogen) atoms. The molecule has 2 aliphatic heterocycles. The molecule has 3 aromatic rings. The first-order valence-corrected chi connectivity index (χ1v) is 9.36. The molecule has 0 amide bonds. The van der Waals surface area contributed by atoms with Gasteiger partial charge in [0.25, 0.3) is 5.91 Å². The van der Waals surface area contributed by atoms with Gasteiger partial charge >= 0.3 is 0 Å². The standard InChI is InChI=1S/C20H17BrN2O3/c1-22-7-6-16-15(10-22)14-8-18-19(26-11-25-18)9-17(14)23(16)20(24)12-2-4-13(21)5-3-12/h2-5,8-9H,6-7,10-11H2,1H3. The van der Waals surface area contributed by atoms with Gasteiger partial charge in [-0.3, -0.25) is 9.36 Å². The molecule has 0 radical (unpaired) electrons. The summed E-state index contributed by atoms with van der Waals surface area (Å²) in [5, 5.41) is 1.07. The van der Waals surface area contributed by atoms with Crippen molar-refractivity contribution in [2.45, 2.75) is 13.0 Å². The lowest BCUT2D eigenvalue weighted by Gasteiger charge is -2.23. The van der Waals surface area contributed by atoms with Gasteiger partial charge in [0.2, 0.25) is 6.79 Å². The monoisotopic (exact) mass is 412 g/mol. The maximum absolute atomic E-state index is 13.3. The van der Waals surface area contributed by atoms with Crippen LogP contribution in [0.2, 0.25) is 0 Å². The number of carbonyl (C=O) groups is 1. The third-order valence-corrected chi connectivity index (χ3v) is 5.66. The fourth-order valence-corrected chi connectivity index (χ4v) is 4.10. The van der Waals surface area contributed by atoms with E-state index < -0.39 is 0 Å². The molecular weight excluding hydrogens is 396 g/mol. The summed E-state index contributed by atoms with van der Waals surface area (Å²) in [4.78, 5) is 15.6. The van der Waals surface area contributed by atoms with E-state index in [0.717, 1.165) is 46.3 Å². The van der Waals surface area contributed by atoms with Crippen LogP contribution in [0.4, 0.5) is 0 Å². The van der Waals surface area contributed by atoms with E-state index in [1.54, 1.807) is 0 Å². The maximum Gasteiger partial charge on any atom is 0.262 e. The van der Waals surface area contributed by atoms with E-state index in [-0.39, 0.29) is 12.7 Å². The summed E-state index contributed by atoms with van der Waals surface area (Å²) in [7, 11) is 2.11. The molecule has 3 heterocycles. The van der Waals surface area contributed by atoms with Crippen LogP contribution in [-0.2, 0) is 13.0 Å². The number of rotatable bonds is 1. The molecule has 0 atom stereocenters. The molecule has 0 unspecified atom stereocenters. The number of carbonyl (C=O) groups excluding carboxylic acids is 1. The smallest absolute Gasteiger partial charge is 0.262 e. The van der Waals surface area contributed by atoms with Gasteiger partial charge in [0.1, 0.15) is 0 Å². The second kappa shape index (κ2) is 5.86. The van der Waals surface area contributed by atoms with Gasteiger partial charge in [-0.15, -0.1) is 0 Å². The van der Waals surface area contributed by atoms with Crippen molar-refractivity contribution < 1.29 is 14.3 Å². The Labute approximate surface area is 159 Å². The van der Waals surface area contributed by atoms with Crippen LogP contribution >= 0.6 is 15.9 Å². The summed E-state index contributed by atoms with van der Waals surface area (Å²) in [5.41, 5.74) is 3.86. The zero-order valence-corrected chi connectivity index (χ0v) is 15.9. The molecule has 0 aliphatic carbocycles. The van der Waals surface area contributed by atoms with Crippen LogP contribution in [0.1, 0.15) is 21.6 Å². The van der Waals surface area contributed by atoms with Crippen molar-refractivity contribution in [2.24, 2.45) is 0 Å². The van der Waals surface area contributed by atoms with Crippen molar-refractivity contribution in [3.05, 3.63) is 57.7 Å². The molecule has 5 nitrogen and oxygen atoms in total. The second-order valence-electron chi connectivity index (χ2n) is 6.78. The summed E-state index contributed by atoms with van der Waals surface area (Å²) in [6.45, 7) is 1.99. The van der Waals surface area contributed by atoms with Crippen LogP contribution in [0.25, 0.3) is 10.9 Å². The lowest BCUT2D eigenvalue weighted by Crippen LogP contribution is -2.28. The highest BCUT2D eigenvalue weighted by Crippen LogP contribution is 2.40. The minimum absolute atomic E-state index is 0.00725. The third kappa shape index (κ3) is 2.36. The van der Waals surface area contributed by atoms with Crippen LogP contribution < -0.4 is 9.47 Å². The molecule has 0 N–H and O–H groups in total. The summed E-state index contributed by atoms with van der Waals surface area (Å²) >= 11 is 3.43. The molecule has 0 saturated heterocycles. The fraction of sp³-hybridized carbons (Fsp3) is 0.250. The SMILES string of the molecule is CN1CCc2c(c3cc4c(cc3n2C(=O)c2ccc(Br)cc2)OCO4)C1. The topological polar surface area (TPSA) is 43.7 Å². The van der Waals surface area contributed by atoms with Gasteiger partial charge < -0.3 is 14.4 Å². The van der Waals surface area contributed by atoms with Crippen molar-refractivity contribution in [1.29, 1.82) is 0 Å². The van der Waals surface area contributed by atoms with Crippen molar-refractivity contribution in [3.63, 3.8) is 0 Å².